The molecule has 0 heterocycles. The number of amides is 1. The number of carbonyl (C=O) groups excluding carboxylic acids is 1. The summed E-state index contributed by atoms with van der Waals surface area (Å²) in [5.74, 6) is -0.253. The molecule has 3 aromatic carbocycles. The van der Waals surface area contributed by atoms with Gasteiger partial charge in [0.25, 0.3) is 0 Å². The van der Waals surface area contributed by atoms with Gasteiger partial charge in [-0.25, -0.2) is 8.42 Å². The van der Waals surface area contributed by atoms with Crippen LogP contribution in [0.2, 0.25) is 0 Å². The zero-order valence-corrected chi connectivity index (χ0v) is 18.0. The Hall–Kier alpha value is -3.21. The zero-order chi connectivity index (χ0) is 22.0. The first-order chi connectivity index (χ1) is 14.9. The van der Waals surface area contributed by atoms with Crippen LogP contribution < -0.4 is 4.72 Å². The molecule has 0 radical (unpaired) electrons. The maximum absolute atomic E-state index is 13.2. The van der Waals surface area contributed by atoms with Crippen LogP contribution in [0.1, 0.15) is 24.0 Å². The number of rotatable bonds is 7. The first kappa shape index (κ1) is 21.0. The van der Waals surface area contributed by atoms with E-state index in [2.05, 4.69) is 10.8 Å². The molecule has 1 aliphatic rings. The lowest BCUT2D eigenvalue weighted by Crippen LogP contribution is -2.49. The van der Waals surface area contributed by atoms with Crippen molar-refractivity contribution in [1.29, 1.82) is 5.26 Å². The van der Waals surface area contributed by atoms with Gasteiger partial charge in [-0.1, -0.05) is 42.5 Å². The maximum atomic E-state index is 13.2. The SMILES string of the molecule is CN(C(=O)[C@H](Cc1ccc(C#N)cc1)NS(=O)(=O)c1ccc2ccccc2c1)C1CC1. The molecule has 0 bridgehead atoms. The third kappa shape index (κ3) is 4.76. The highest BCUT2D eigenvalue weighted by molar-refractivity contribution is 7.89. The highest BCUT2D eigenvalue weighted by Gasteiger charge is 2.35. The van der Waals surface area contributed by atoms with Gasteiger partial charge in [0.1, 0.15) is 6.04 Å². The minimum atomic E-state index is -3.92. The van der Waals surface area contributed by atoms with Crippen molar-refractivity contribution < 1.29 is 13.2 Å². The van der Waals surface area contributed by atoms with Gasteiger partial charge in [0, 0.05) is 13.1 Å². The van der Waals surface area contributed by atoms with E-state index in [9.17, 15) is 13.2 Å². The van der Waals surface area contributed by atoms with Crippen molar-refractivity contribution in [2.45, 2.75) is 36.2 Å². The van der Waals surface area contributed by atoms with Gasteiger partial charge in [0.2, 0.25) is 15.9 Å². The second kappa shape index (κ2) is 8.50. The molecule has 0 spiro atoms. The quantitative estimate of drug-likeness (QED) is 0.619. The molecule has 7 heteroatoms. The molecular weight excluding hydrogens is 410 g/mol. The maximum Gasteiger partial charge on any atom is 0.241 e. The minimum Gasteiger partial charge on any atom is -0.341 e. The van der Waals surface area contributed by atoms with Crippen LogP contribution in [-0.4, -0.2) is 38.4 Å². The largest absolute Gasteiger partial charge is 0.341 e. The number of nitriles is 1. The van der Waals surface area contributed by atoms with Crippen molar-refractivity contribution in [3.05, 3.63) is 77.9 Å². The summed E-state index contributed by atoms with van der Waals surface area (Å²) in [4.78, 5) is 14.9. The first-order valence-corrected chi connectivity index (χ1v) is 11.6. The topological polar surface area (TPSA) is 90.3 Å². The van der Waals surface area contributed by atoms with E-state index in [1.807, 2.05) is 24.3 Å². The van der Waals surface area contributed by atoms with Crippen LogP contribution in [-0.2, 0) is 21.2 Å². The monoisotopic (exact) mass is 433 g/mol. The number of nitrogens with zero attached hydrogens (tertiary/aromatic N) is 2. The van der Waals surface area contributed by atoms with Gasteiger partial charge >= 0.3 is 0 Å². The van der Waals surface area contributed by atoms with E-state index in [0.717, 1.165) is 29.2 Å². The molecule has 0 unspecified atom stereocenters. The summed E-state index contributed by atoms with van der Waals surface area (Å²) >= 11 is 0. The molecule has 0 aromatic heterocycles. The lowest BCUT2D eigenvalue weighted by molar-refractivity contribution is -0.132. The van der Waals surface area contributed by atoms with Crippen LogP contribution in [0, 0.1) is 11.3 Å². The molecule has 4 rings (SSSR count). The number of hydrogen-bond acceptors (Lipinski definition) is 4. The van der Waals surface area contributed by atoms with E-state index in [-0.39, 0.29) is 23.3 Å². The normalized spacial score (nSPS) is 14.7. The number of nitrogens with one attached hydrogen (secondary N) is 1. The molecule has 158 valence electrons. The number of likely N-dealkylation sites (N-methyl/N-ethyl adjacent to an activating group) is 1. The van der Waals surface area contributed by atoms with Gasteiger partial charge in [0.15, 0.2) is 0 Å². The number of sulfonamides is 1. The summed E-state index contributed by atoms with van der Waals surface area (Å²) in [6, 6.07) is 20.6. The number of benzene rings is 3. The van der Waals surface area contributed by atoms with Gasteiger partial charge in [0.05, 0.1) is 16.5 Å². The van der Waals surface area contributed by atoms with Gasteiger partial charge < -0.3 is 4.90 Å². The van der Waals surface area contributed by atoms with Crippen molar-refractivity contribution >= 4 is 26.7 Å². The van der Waals surface area contributed by atoms with E-state index < -0.39 is 16.1 Å². The van der Waals surface area contributed by atoms with Crippen LogP contribution >= 0.6 is 0 Å². The Labute approximate surface area is 182 Å². The Morgan fingerprint density at radius 3 is 2.42 bits per heavy atom. The fraction of sp³-hybridized carbons (Fsp3) is 0.250. The summed E-state index contributed by atoms with van der Waals surface area (Å²) in [6.07, 6.45) is 2.07. The van der Waals surface area contributed by atoms with E-state index >= 15 is 0 Å². The average Bonchev–Trinajstić information content (AvgIpc) is 3.63. The highest BCUT2D eigenvalue weighted by Crippen LogP contribution is 2.27. The van der Waals surface area contributed by atoms with Crippen molar-refractivity contribution in [1.82, 2.24) is 9.62 Å². The number of hydrogen-bond donors (Lipinski definition) is 1. The standard InChI is InChI=1S/C24H23N3O3S/c1-27(21-11-12-21)24(28)23(14-17-6-8-18(16-25)9-7-17)26-31(29,30)22-13-10-19-4-2-3-5-20(19)15-22/h2-10,13,15,21,23,26H,11-12,14H2,1H3/t23-/m0/s1. The van der Waals surface area contributed by atoms with Crippen molar-refractivity contribution in [2.24, 2.45) is 0 Å². The Kier molecular flexibility index (Phi) is 5.77. The Morgan fingerprint density at radius 1 is 1.10 bits per heavy atom. The second-order valence-corrected chi connectivity index (χ2v) is 9.59. The van der Waals surface area contributed by atoms with E-state index in [1.54, 1.807) is 54.4 Å². The fourth-order valence-electron chi connectivity index (χ4n) is 3.61. The predicted molar refractivity (Wildman–Crippen MR) is 119 cm³/mol. The summed E-state index contributed by atoms with van der Waals surface area (Å²) < 4.78 is 29.0. The summed E-state index contributed by atoms with van der Waals surface area (Å²) in [6.45, 7) is 0. The fourth-order valence-corrected chi connectivity index (χ4v) is 4.83. The van der Waals surface area contributed by atoms with Crippen LogP contribution in [0.25, 0.3) is 10.8 Å². The van der Waals surface area contributed by atoms with Gasteiger partial charge in [-0.2, -0.15) is 9.98 Å². The summed E-state index contributed by atoms with van der Waals surface area (Å²) in [5.41, 5.74) is 1.29. The van der Waals surface area contributed by atoms with E-state index in [4.69, 9.17) is 5.26 Å². The van der Waals surface area contributed by atoms with E-state index in [1.165, 1.54) is 0 Å². The molecule has 1 saturated carbocycles. The second-order valence-electron chi connectivity index (χ2n) is 7.88. The van der Waals surface area contributed by atoms with Gasteiger partial charge in [-0.15, -0.1) is 0 Å². The van der Waals surface area contributed by atoms with Crippen LogP contribution in [0.4, 0.5) is 0 Å². The predicted octanol–water partition coefficient (Wildman–Crippen LogP) is 3.22. The summed E-state index contributed by atoms with van der Waals surface area (Å²) in [7, 11) is -2.20. The third-order valence-electron chi connectivity index (χ3n) is 5.59. The molecule has 0 saturated heterocycles. The van der Waals surface area contributed by atoms with Crippen molar-refractivity contribution in [3.63, 3.8) is 0 Å². The van der Waals surface area contributed by atoms with Crippen LogP contribution in [0.5, 0.6) is 0 Å². The summed E-state index contributed by atoms with van der Waals surface area (Å²) in [5, 5.41) is 10.8. The zero-order valence-electron chi connectivity index (χ0n) is 17.2. The average molecular weight is 434 g/mol. The third-order valence-corrected chi connectivity index (χ3v) is 7.06. The Bertz CT molecular complexity index is 1260. The van der Waals surface area contributed by atoms with Crippen LogP contribution in [0.3, 0.4) is 0 Å². The molecule has 1 aliphatic carbocycles. The van der Waals surface area contributed by atoms with Gasteiger partial charge in [-0.3, -0.25) is 4.79 Å². The molecule has 1 amide bonds. The van der Waals surface area contributed by atoms with Crippen molar-refractivity contribution in [2.75, 3.05) is 7.05 Å². The lowest BCUT2D eigenvalue weighted by atomic mass is 10.0. The van der Waals surface area contributed by atoms with E-state index in [0.29, 0.717) is 5.56 Å². The minimum absolute atomic E-state index is 0.123. The smallest absolute Gasteiger partial charge is 0.241 e. The number of carbonyl (C=O) groups is 1. The molecule has 31 heavy (non-hydrogen) atoms. The Morgan fingerprint density at radius 2 is 1.77 bits per heavy atom. The molecule has 1 atom stereocenters. The Balaban J connectivity index is 1.62. The first-order valence-electron chi connectivity index (χ1n) is 10.1. The highest BCUT2D eigenvalue weighted by atomic mass is 32.2. The lowest BCUT2D eigenvalue weighted by Gasteiger charge is -2.24. The van der Waals surface area contributed by atoms with Crippen molar-refractivity contribution in [3.8, 4) is 6.07 Å². The molecule has 3 aromatic rings. The molecule has 0 aliphatic heterocycles. The van der Waals surface area contributed by atoms with Gasteiger partial charge in [-0.05, 0) is 59.9 Å². The number of fused-ring (bicyclic) bond motifs is 1. The molecule has 6 nitrogen and oxygen atoms in total. The molecule has 1 N–H and O–H groups in total. The molecule has 1 fully saturated rings. The molecular formula is C24H23N3O3S. The van der Waals surface area contributed by atoms with Crippen LogP contribution in [0.15, 0.2) is 71.6 Å².